The number of aryl methyl sites for hydroxylation is 2. The first-order chi connectivity index (χ1) is 12.2. The second-order valence-electron chi connectivity index (χ2n) is 6.89. The summed E-state index contributed by atoms with van der Waals surface area (Å²) >= 11 is 0. The Morgan fingerprint density at radius 1 is 1.00 bits per heavy atom. The molecule has 0 bridgehead atoms. The fourth-order valence-corrected chi connectivity index (χ4v) is 7.98. The third-order valence-corrected chi connectivity index (χ3v) is 9.03. The van der Waals surface area contributed by atoms with E-state index >= 15 is 0 Å². The minimum absolute atomic E-state index is 0.158. The highest BCUT2D eigenvalue weighted by molar-refractivity contribution is 7.96. The van der Waals surface area contributed by atoms with Gasteiger partial charge in [0, 0.05) is 12.6 Å². The van der Waals surface area contributed by atoms with Crippen molar-refractivity contribution >= 4 is 19.7 Å². The van der Waals surface area contributed by atoms with Crippen LogP contribution in [-0.2, 0) is 26.2 Å². The molecule has 5 nitrogen and oxygen atoms in total. The number of benzene rings is 2. The van der Waals surface area contributed by atoms with Crippen LogP contribution in [0.2, 0.25) is 0 Å². The predicted molar refractivity (Wildman–Crippen MR) is 103 cm³/mol. The highest BCUT2D eigenvalue weighted by Gasteiger charge is 2.45. The molecule has 0 aromatic heterocycles. The minimum atomic E-state index is -3.73. The van der Waals surface area contributed by atoms with E-state index in [1.54, 1.807) is 24.3 Å². The van der Waals surface area contributed by atoms with Crippen LogP contribution >= 0.6 is 0 Å². The molecule has 1 saturated heterocycles. The van der Waals surface area contributed by atoms with Crippen molar-refractivity contribution in [2.45, 2.75) is 36.6 Å². The van der Waals surface area contributed by atoms with E-state index in [1.165, 1.54) is 0 Å². The molecule has 1 N–H and O–H groups in total. The molecule has 1 fully saturated rings. The standard InChI is InChI=1S/C19H23NO4S2/c1-14-7-9-17(10-8-14)26(23,24)19-13-25(21,22)12-18(19)20-11-16-6-4-3-5-15(16)2/h3-10,18-20H,11-13H2,1-2H3/t18-,19-/m1/s1. The lowest BCUT2D eigenvalue weighted by atomic mass is 10.1. The van der Waals surface area contributed by atoms with Crippen molar-refractivity contribution < 1.29 is 16.8 Å². The smallest absolute Gasteiger partial charge is 0.183 e. The van der Waals surface area contributed by atoms with Crippen molar-refractivity contribution in [3.05, 3.63) is 65.2 Å². The van der Waals surface area contributed by atoms with Crippen LogP contribution in [0.4, 0.5) is 0 Å². The van der Waals surface area contributed by atoms with Crippen molar-refractivity contribution in [3.8, 4) is 0 Å². The lowest BCUT2D eigenvalue weighted by Gasteiger charge is -2.20. The molecule has 2 aromatic carbocycles. The maximum absolute atomic E-state index is 13.0. The molecule has 140 valence electrons. The van der Waals surface area contributed by atoms with E-state index in [-0.39, 0.29) is 16.4 Å². The topological polar surface area (TPSA) is 80.3 Å². The molecule has 0 saturated carbocycles. The van der Waals surface area contributed by atoms with Crippen LogP contribution in [0.1, 0.15) is 16.7 Å². The first kappa shape index (κ1) is 19.1. The van der Waals surface area contributed by atoms with E-state index in [4.69, 9.17) is 0 Å². The molecule has 2 aromatic rings. The minimum Gasteiger partial charge on any atom is -0.308 e. The van der Waals surface area contributed by atoms with Gasteiger partial charge in [-0.15, -0.1) is 0 Å². The first-order valence-corrected chi connectivity index (χ1v) is 11.8. The molecule has 1 aliphatic rings. The Labute approximate surface area is 155 Å². The van der Waals surface area contributed by atoms with Gasteiger partial charge >= 0.3 is 0 Å². The van der Waals surface area contributed by atoms with Gasteiger partial charge in [0.2, 0.25) is 0 Å². The fraction of sp³-hybridized carbons (Fsp3) is 0.368. The first-order valence-electron chi connectivity index (χ1n) is 8.48. The summed E-state index contributed by atoms with van der Waals surface area (Å²) in [5.74, 6) is -0.497. The molecule has 0 spiro atoms. The zero-order valence-electron chi connectivity index (χ0n) is 14.8. The largest absolute Gasteiger partial charge is 0.308 e. The van der Waals surface area contributed by atoms with Crippen LogP contribution in [0.25, 0.3) is 0 Å². The van der Waals surface area contributed by atoms with E-state index < -0.39 is 31.0 Å². The summed E-state index contributed by atoms with van der Waals surface area (Å²) in [6.07, 6.45) is 0. The molecule has 7 heteroatoms. The molecule has 0 amide bonds. The van der Waals surface area contributed by atoms with Gasteiger partial charge < -0.3 is 5.32 Å². The number of hydrogen-bond acceptors (Lipinski definition) is 5. The lowest BCUT2D eigenvalue weighted by molar-refractivity contribution is 0.525. The Morgan fingerprint density at radius 3 is 2.31 bits per heavy atom. The quantitative estimate of drug-likeness (QED) is 0.841. The van der Waals surface area contributed by atoms with Crippen LogP contribution in [-0.4, -0.2) is 39.6 Å². The van der Waals surface area contributed by atoms with Gasteiger partial charge in [-0.1, -0.05) is 42.0 Å². The SMILES string of the molecule is Cc1ccc(S(=O)(=O)[C@@H]2CS(=O)(=O)C[C@H]2NCc2ccccc2C)cc1. The Kier molecular flexibility index (Phi) is 5.23. The molecule has 0 aliphatic carbocycles. The highest BCUT2D eigenvalue weighted by Crippen LogP contribution is 2.26. The summed E-state index contributed by atoms with van der Waals surface area (Å²) in [7, 11) is -7.13. The van der Waals surface area contributed by atoms with E-state index in [0.29, 0.717) is 6.54 Å². The van der Waals surface area contributed by atoms with Crippen molar-refractivity contribution in [1.29, 1.82) is 0 Å². The average molecular weight is 394 g/mol. The van der Waals surface area contributed by atoms with E-state index in [9.17, 15) is 16.8 Å². The van der Waals surface area contributed by atoms with Crippen molar-refractivity contribution in [2.24, 2.45) is 0 Å². The van der Waals surface area contributed by atoms with Crippen LogP contribution in [0.5, 0.6) is 0 Å². The maximum atomic E-state index is 13.0. The summed E-state index contributed by atoms with van der Waals surface area (Å²) < 4.78 is 50.4. The number of hydrogen-bond donors (Lipinski definition) is 1. The fourth-order valence-electron chi connectivity index (χ4n) is 3.26. The molecule has 1 aliphatic heterocycles. The van der Waals surface area contributed by atoms with Gasteiger partial charge in [-0.05, 0) is 37.1 Å². The lowest BCUT2D eigenvalue weighted by Crippen LogP contribution is -2.43. The molecule has 26 heavy (non-hydrogen) atoms. The van der Waals surface area contributed by atoms with Crippen LogP contribution < -0.4 is 5.32 Å². The number of sulfone groups is 2. The van der Waals surface area contributed by atoms with Crippen molar-refractivity contribution in [1.82, 2.24) is 5.32 Å². The van der Waals surface area contributed by atoms with Crippen LogP contribution in [0, 0.1) is 13.8 Å². The monoisotopic (exact) mass is 393 g/mol. The van der Waals surface area contributed by atoms with Gasteiger partial charge in [0.1, 0.15) is 0 Å². The van der Waals surface area contributed by atoms with Crippen LogP contribution in [0.3, 0.4) is 0 Å². The van der Waals surface area contributed by atoms with Crippen LogP contribution in [0.15, 0.2) is 53.4 Å². The number of nitrogens with one attached hydrogen (secondary N) is 1. The van der Waals surface area contributed by atoms with E-state index in [1.807, 2.05) is 38.1 Å². The third-order valence-electron chi connectivity index (χ3n) is 4.86. The predicted octanol–water partition coefficient (Wildman–Crippen LogP) is 2.03. The van der Waals surface area contributed by atoms with Gasteiger partial charge in [0.05, 0.1) is 21.7 Å². The molecule has 0 unspecified atom stereocenters. The van der Waals surface area contributed by atoms with Crippen molar-refractivity contribution in [3.63, 3.8) is 0 Å². The summed E-state index contributed by atoms with van der Waals surface area (Å²) in [6, 6.07) is 13.7. The maximum Gasteiger partial charge on any atom is 0.183 e. The summed E-state index contributed by atoms with van der Waals surface area (Å²) in [5.41, 5.74) is 3.07. The summed E-state index contributed by atoms with van der Waals surface area (Å²) in [6.45, 7) is 4.29. The molecule has 2 atom stereocenters. The van der Waals surface area contributed by atoms with Gasteiger partial charge in [-0.3, -0.25) is 0 Å². The Hall–Kier alpha value is -1.70. The van der Waals surface area contributed by atoms with Gasteiger partial charge in [0.25, 0.3) is 0 Å². The zero-order valence-corrected chi connectivity index (χ0v) is 16.5. The Balaban J connectivity index is 1.86. The molecule has 3 rings (SSSR count). The second kappa shape index (κ2) is 7.13. The molecular weight excluding hydrogens is 370 g/mol. The van der Waals surface area contributed by atoms with Gasteiger partial charge in [-0.25, -0.2) is 16.8 Å². The zero-order chi connectivity index (χ0) is 18.9. The van der Waals surface area contributed by atoms with Gasteiger partial charge in [-0.2, -0.15) is 0 Å². The summed E-state index contributed by atoms with van der Waals surface area (Å²) in [5, 5.41) is 2.20. The summed E-state index contributed by atoms with van der Waals surface area (Å²) in [4.78, 5) is 0.174. The average Bonchev–Trinajstić information content (AvgIpc) is 2.90. The Bertz CT molecular complexity index is 996. The second-order valence-corrected chi connectivity index (χ2v) is 11.2. The van der Waals surface area contributed by atoms with Gasteiger partial charge in [0.15, 0.2) is 19.7 Å². The normalized spacial score (nSPS) is 22.4. The van der Waals surface area contributed by atoms with E-state index in [0.717, 1.165) is 16.7 Å². The molecule has 1 heterocycles. The third kappa shape index (κ3) is 4.00. The van der Waals surface area contributed by atoms with Crippen molar-refractivity contribution in [2.75, 3.05) is 11.5 Å². The Morgan fingerprint density at radius 2 is 1.65 bits per heavy atom. The molecular formula is C19H23NO4S2. The number of rotatable bonds is 5. The van der Waals surface area contributed by atoms with E-state index in [2.05, 4.69) is 5.32 Å². The highest BCUT2D eigenvalue weighted by atomic mass is 32.2. The molecule has 0 radical (unpaired) electrons.